The Kier molecular flexibility index (Phi) is 7.81. The van der Waals surface area contributed by atoms with Crippen molar-refractivity contribution in [3.8, 4) is 5.75 Å². The third kappa shape index (κ3) is 6.28. The number of fused-ring (bicyclic) bond motifs is 1. The summed E-state index contributed by atoms with van der Waals surface area (Å²) >= 11 is 0. The highest BCUT2D eigenvalue weighted by Crippen LogP contribution is 2.50. The van der Waals surface area contributed by atoms with Crippen LogP contribution in [0.25, 0.3) is 0 Å². The summed E-state index contributed by atoms with van der Waals surface area (Å²) in [5.74, 6) is -10.2. The molecule has 0 radical (unpaired) electrons. The standard InChI is InChI=1S/C25H29F8NO5S/c1-22(27,28)5-2-14-12-34(15-3-6-24(29,30)7-4-15)17-10-16(25(31,32)33)18(11-19(17)40(37,38)20(14)26)39-13-23(8-9-23)21(35)36/h10-11,14-15,20H,2-9,12-13H2,1H3,(H,35,36)/t14-,20+/m0/s1. The van der Waals surface area contributed by atoms with E-state index in [-0.39, 0.29) is 25.7 Å². The van der Waals surface area contributed by atoms with Gasteiger partial charge in [0.05, 0.1) is 16.1 Å². The van der Waals surface area contributed by atoms with Crippen LogP contribution in [0, 0.1) is 11.3 Å². The van der Waals surface area contributed by atoms with E-state index >= 15 is 4.39 Å². The van der Waals surface area contributed by atoms with Gasteiger partial charge in [0.1, 0.15) is 17.8 Å². The molecule has 0 aromatic heterocycles. The molecular formula is C25H29F8NO5S. The lowest BCUT2D eigenvalue weighted by atomic mass is 9.89. The van der Waals surface area contributed by atoms with Crippen LogP contribution >= 0.6 is 0 Å². The molecule has 2 aliphatic carbocycles. The quantitative estimate of drug-likeness (QED) is 0.341. The SMILES string of the molecule is CC(F)(F)CC[C@H]1CN(C2CCC(F)(F)CC2)c2cc(C(F)(F)F)c(OCC3(C(=O)O)CC3)cc2S(=O)(=O)[C@H]1F. The molecule has 2 atom stereocenters. The molecular weight excluding hydrogens is 578 g/mol. The first-order valence-corrected chi connectivity index (χ1v) is 14.3. The highest BCUT2D eigenvalue weighted by Gasteiger charge is 2.52. The van der Waals surface area contributed by atoms with Gasteiger partial charge in [0.25, 0.3) is 0 Å². The van der Waals surface area contributed by atoms with Gasteiger partial charge in [-0.25, -0.2) is 30.4 Å². The van der Waals surface area contributed by atoms with Gasteiger partial charge < -0.3 is 14.7 Å². The average Bonchev–Trinajstić information content (AvgIpc) is 3.63. The fraction of sp³-hybridized carbons (Fsp3) is 0.720. The first-order valence-electron chi connectivity index (χ1n) is 12.8. The van der Waals surface area contributed by atoms with Crippen LogP contribution in [-0.4, -0.2) is 56.0 Å². The van der Waals surface area contributed by atoms with Crippen molar-refractivity contribution in [2.24, 2.45) is 11.3 Å². The Morgan fingerprint density at radius 2 is 1.70 bits per heavy atom. The van der Waals surface area contributed by atoms with E-state index in [0.29, 0.717) is 19.1 Å². The van der Waals surface area contributed by atoms with Crippen LogP contribution in [0.3, 0.4) is 0 Å². The number of aliphatic carboxylic acids is 1. The molecule has 15 heteroatoms. The molecule has 1 aliphatic heterocycles. The van der Waals surface area contributed by atoms with E-state index in [4.69, 9.17) is 4.74 Å². The smallest absolute Gasteiger partial charge is 0.420 e. The zero-order valence-corrected chi connectivity index (χ0v) is 22.2. The molecule has 0 bridgehead atoms. The van der Waals surface area contributed by atoms with Gasteiger partial charge in [0, 0.05) is 43.8 Å². The van der Waals surface area contributed by atoms with Gasteiger partial charge in [-0.3, -0.25) is 4.79 Å². The summed E-state index contributed by atoms with van der Waals surface area (Å²) in [6, 6.07) is 0.0241. The molecule has 1 aromatic rings. The summed E-state index contributed by atoms with van der Waals surface area (Å²) in [7, 11) is -5.07. The second kappa shape index (κ2) is 10.2. The van der Waals surface area contributed by atoms with Crippen LogP contribution in [-0.2, 0) is 20.8 Å². The predicted molar refractivity (Wildman–Crippen MR) is 126 cm³/mol. The Morgan fingerprint density at radius 3 is 2.20 bits per heavy atom. The number of carboxylic acid groups (broad SMARTS) is 1. The third-order valence-electron chi connectivity index (χ3n) is 7.97. The van der Waals surface area contributed by atoms with Gasteiger partial charge in [0.15, 0.2) is 0 Å². The molecule has 2 saturated carbocycles. The monoisotopic (exact) mass is 607 g/mol. The molecule has 2 fully saturated rings. The third-order valence-corrected chi connectivity index (χ3v) is 9.89. The second-order valence-corrected chi connectivity index (χ2v) is 13.2. The van der Waals surface area contributed by atoms with Crippen LogP contribution in [0.4, 0.5) is 40.8 Å². The lowest BCUT2D eigenvalue weighted by Gasteiger charge is -2.39. The van der Waals surface area contributed by atoms with Crippen molar-refractivity contribution >= 4 is 21.5 Å². The molecule has 1 N–H and O–H groups in total. The average molecular weight is 608 g/mol. The number of halogens is 8. The number of ether oxygens (including phenoxy) is 1. The lowest BCUT2D eigenvalue weighted by Crippen LogP contribution is -2.44. The summed E-state index contributed by atoms with van der Waals surface area (Å²) in [4.78, 5) is 11.7. The van der Waals surface area contributed by atoms with Gasteiger partial charge in [-0.2, -0.15) is 13.2 Å². The minimum absolute atomic E-state index is 0.128. The maximum Gasteiger partial charge on any atom is 0.420 e. The molecule has 0 unspecified atom stereocenters. The van der Waals surface area contributed by atoms with Crippen molar-refractivity contribution in [2.75, 3.05) is 18.1 Å². The molecule has 4 rings (SSSR count). The topological polar surface area (TPSA) is 83.9 Å². The largest absolute Gasteiger partial charge is 0.492 e. The van der Waals surface area contributed by atoms with E-state index < -0.39 is 117 Å². The van der Waals surface area contributed by atoms with Crippen molar-refractivity contribution in [3.63, 3.8) is 0 Å². The Hall–Kier alpha value is -2.32. The first kappa shape index (κ1) is 30.6. The number of carbonyl (C=O) groups is 1. The summed E-state index contributed by atoms with van der Waals surface area (Å²) in [5, 5.41) is 9.35. The number of hydrogen-bond donors (Lipinski definition) is 1. The summed E-state index contributed by atoms with van der Waals surface area (Å²) in [6.07, 6.45) is -8.18. The van der Waals surface area contributed by atoms with Crippen molar-refractivity contribution in [1.29, 1.82) is 0 Å². The lowest BCUT2D eigenvalue weighted by molar-refractivity contribution is -0.144. The minimum atomic E-state index is -5.12. The molecule has 1 heterocycles. The number of nitrogens with zero attached hydrogens (tertiary/aromatic N) is 1. The van der Waals surface area contributed by atoms with Gasteiger partial charge in [-0.05, 0) is 45.1 Å². The van der Waals surface area contributed by atoms with Crippen LogP contribution in [0.5, 0.6) is 5.75 Å². The van der Waals surface area contributed by atoms with Gasteiger partial charge in [-0.15, -0.1) is 0 Å². The number of sulfone groups is 1. The first-order chi connectivity index (χ1) is 18.3. The Labute approximate surface area is 225 Å². The molecule has 226 valence electrons. The van der Waals surface area contributed by atoms with E-state index in [2.05, 4.69) is 0 Å². The number of rotatable bonds is 8. The Morgan fingerprint density at radius 1 is 1.10 bits per heavy atom. The number of anilines is 1. The minimum Gasteiger partial charge on any atom is -0.492 e. The highest BCUT2D eigenvalue weighted by molar-refractivity contribution is 7.92. The van der Waals surface area contributed by atoms with Crippen molar-refractivity contribution in [1.82, 2.24) is 0 Å². The molecule has 0 spiro atoms. The maximum absolute atomic E-state index is 15.6. The van der Waals surface area contributed by atoms with Gasteiger partial charge in [0.2, 0.25) is 27.2 Å². The highest BCUT2D eigenvalue weighted by atomic mass is 32.2. The second-order valence-electron chi connectivity index (χ2n) is 11.2. The normalized spacial score (nSPS) is 26.1. The van der Waals surface area contributed by atoms with Crippen LogP contribution in [0.1, 0.15) is 63.9 Å². The van der Waals surface area contributed by atoms with E-state index in [0.717, 1.165) is 4.90 Å². The van der Waals surface area contributed by atoms with E-state index in [1.807, 2.05) is 0 Å². The van der Waals surface area contributed by atoms with E-state index in [1.54, 1.807) is 0 Å². The molecule has 0 saturated heterocycles. The molecule has 1 aromatic carbocycles. The van der Waals surface area contributed by atoms with Crippen molar-refractivity contribution in [3.05, 3.63) is 17.7 Å². The van der Waals surface area contributed by atoms with Gasteiger partial charge in [-0.1, -0.05) is 0 Å². The van der Waals surface area contributed by atoms with Crippen molar-refractivity contribution < 1.29 is 58.2 Å². The number of carboxylic acids is 1. The zero-order chi connectivity index (χ0) is 29.9. The van der Waals surface area contributed by atoms with Crippen LogP contribution in [0.2, 0.25) is 0 Å². The van der Waals surface area contributed by atoms with Crippen LogP contribution < -0.4 is 9.64 Å². The fourth-order valence-electron chi connectivity index (χ4n) is 5.28. The van der Waals surface area contributed by atoms with Crippen molar-refractivity contribution in [2.45, 2.75) is 92.8 Å². The van der Waals surface area contributed by atoms with Crippen LogP contribution in [0.15, 0.2) is 17.0 Å². The summed E-state index contributed by atoms with van der Waals surface area (Å²) in [6.45, 7) is -0.720. The van der Waals surface area contributed by atoms with Gasteiger partial charge >= 0.3 is 12.1 Å². The zero-order valence-electron chi connectivity index (χ0n) is 21.4. The Balaban J connectivity index is 1.83. The number of benzene rings is 1. The van der Waals surface area contributed by atoms with E-state index in [9.17, 15) is 49.1 Å². The molecule has 6 nitrogen and oxygen atoms in total. The molecule has 0 amide bonds. The molecule has 40 heavy (non-hydrogen) atoms. The summed E-state index contributed by atoms with van der Waals surface area (Å²) < 4.78 is 145. The number of hydrogen-bond acceptors (Lipinski definition) is 5. The predicted octanol–water partition coefficient (Wildman–Crippen LogP) is 6.47. The molecule has 3 aliphatic rings. The fourth-order valence-corrected chi connectivity index (χ4v) is 6.99. The van der Waals surface area contributed by atoms with E-state index in [1.165, 1.54) is 0 Å². The Bertz CT molecular complexity index is 1230. The number of alkyl halides is 8. The summed E-state index contributed by atoms with van der Waals surface area (Å²) in [5.41, 5.74) is -6.25. The maximum atomic E-state index is 15.6.